The topological polar surface area (TPSA) is 24.9 Å². The van der Waals surface area contributed by atoms with E-state index in [1.165, 1.54) is 5.56 Å². The second-order valence-corrected chi connectivity index (χ2v) is 3.62. The number of hydrogen-bond donors (Lipinski definition) is 1. The Labute approximate surface area is 80.4 Å². The molecule has 13 heavy (non-hydrogen) atoms. The van der Waals surface area contributed by atoms with Crippen molar-refractivity contribution in [3.63, 3.8) is 0 Å². The first-order valence-electron chi connectivity index (χ1n) is 4.80. The predicted molar refractivity (Wildman–Crippen MR) is 55.6 cm³/mol. The Kier molecular flexibility index (Phi) is 3.90. The van der Waals surface area contributed by atoms with Crippen LogP contribution >= 0.6 is 0 Å². The molecule has 1 aromatic rings. The molecule has 0 radical (unpaired) electrons. The lowest BCUT2D eigenvalue weighted by molar-refractivity contribution is 0.423. The summed E-state index contributed by atoms with van der Waals surface area (Å²) in [6, 6.07) is 4.68. The quantitative estimate of drug-likeness (QED) is 0.761. The Bertz CT molecular complexity index is 233. The van der Waals surface area contributed by atoms with Gasteiger partial charge in [-0.25, -0.2) is 0 Å². The van der Waals surface area contributed by atoms with E-state index in [0.29, 0.717) is 12.0 Å². The van der Waals surface area contributed by atoms with Gasteiger partial charge in [0.15, 0.2) is 0 Å². The molecule has 0 amide bonds. The first kappa shape index (κ1) is 10.2. The summed E-state index contributed by atoms with van der Waals surface area (Å²) >= 11 is 0. The Morgan fingerprint density at radius 2 is 2.23 bits per heavy atom. The Morgan fingerprint density at radius 1 is 1.46 bits per heavy atom. The van der Waals surface area contributed by atoms with Crippen LogP contribution in [0.1, 0.15) is 19.4 Å². The molecule has 0 fully saturated rings. The summed E-state index contributed by atoms with van der Waals surface area (Å²) in [6.07, 6.45) is 4.85. The molecule has 0 spiro atoms. The summed E-state index contributed by atoms with van der Waals surface area (Å²) in [4.78, 5) is 4.10. The van der Waals surface area contributed by atoms with Crippen LogP contribution in [0.25, 0.3) is 0 Å². The molecule has 0 saturated heterocycles. The summed E-state index contributed by atoms with van der Waals surface area (Å²) < 4.78 is 0. The van der Waals surface area contributed by atoms with Gasteiger partial charge in [0.1, 0.15) is 0 Å². The molecule has 0 aromatic carbocycles. The Morgan fingerprint density at radius 3 is 2.77 bits per heavy atom. The average Bonchev–Trinajstić information content (AvgIpc) is 2.18. The van der Waals surface area contributed by atoms with E-state index in [4.69, 9.17) is 0 Å². The van der Waals surface area contributed by atoms with Crippen LogP contribution in [0, 0.1) is 5.92 Å². The third-order valence-corrected chi connectivity index (χ3v) is 2.59. The molecule has 1 rings (SSSR count). The maximum atomic E-state index is 4.10. The largest absolute Gasteiger partial charge is 0.317 e. The number of nitrogens with one attached hydrogen (secondary N) is 1. The van der Waals surface area contributed by atoms with Crippen molar-refractivity contribution in [1.29, 1.82) is 0 Å². The molecule has 2 heteroatoms. The average molecular weight is 178 g/mol. The Balaban J connectivity index is 2.50. The van der Waals surface area contributed by atoms with Crippen molar-refractivity contribution in [1.82, 2.24) is 10.3 Å². The number of hydrogen-bond acceptors (Lipinski definition) is 2. The monoisotopic (exact) mass is 178 g/mol. The molecule has 1 N–H and O–H groups in total. The first-order chi connectivity index (χ1) is 6.24. The van der Waals surface area contributed by atoms with Crippen molar-refractivity contribution in [3.05, 3.63) is 30.1 Å². The summed E-state index contributed by atoms with van der Waals surface area (Å²) in [5.74, 6) is 0.647. The molecule has 2 nitrogen and oxygen atoms in total. The highest BCUT2D eigenvalue weighted by Crippen LogP contribution is 2.10. The molecular formula is C11H18N2. The van der Waals surface area contributed by atoms with Gasteiger partial charge in [-0.1, -0.05) is 13.0 Å². The maximum absolute atomic E-state index is 4.10. The first-order valence-corrected chi connectivity index (χ1v) is 4.80. The Hall–Kier alpha value is -0.890. The maximum Gasteiger partial charge on any atom is 0.0299 e. The van der Waals surface area contributed by atoms with Crippen molar-refractivity contribution in [2.45, 2.75) is 26.3 Å². The van der Waals surface area contributed by atoms with Gasteiger partial charge in [0.05, 0.1) is 0 Å². The normalized spacial score (nSPS) is 15.3. The molecule has 0 aliphatic carbocycles. The van der Waals surface area contributed by atoms with Crippen molar-refractivity contribution in [3.8, 4) is 0 Å². The summed E-state index contributed by atoms with van der Waals surface area (Å²) in [5.41, 5.74) is 1.32. The number of pyridine rings is 1. The van der Waals surface area contributed by atoms with Gasteiger partial charge >= 0.3 is 0 Å². The minimum absolute atomic E-state index is 0.556. The molecule has 1 aromatic heterocycles. The lowest BCUT2D eigenvalue weighted by Gasteiger charge is -2.18. The molecule has 1 unspecified atom stereocenters. The van der Waals surface area contributed by atoms with E-state index in [-0.39, 0.29) is 0 Å². The molecule has 0 aliphatic heterocycles. The van der Waals surface area contributed by atoms with Crippen LogP contribution in [0.4, 0.5) is 0 Å². The summed E-state index contributed by atoms with van der Waals surface area (Å²) in [5, 5.41) is 3.26. The number of rotatable bonds is 4. The van der Waals surface area contributed by atoms with Crippen molar-refractivity contribution in [2.24, 2.45) is 5.92 Å². The number of nitrogens with zero attached hydrogens (tertiary/aromatic N) is 1. The van der Waals surface area contributed by atoms with Crippen LogP contribution in [0.3, 0.4) is 0 Å². The smallest absolute Gasteiger partial charge is 0.0299 e. The van der Waals surface area contributed by atoms with E-state index in [1.807, 2.05) is 25.5 Å². The molecular weight excluding hydrogens is 160 g/mol. The molecule has 0 bridgehead atoms. The van der Waals surface area contributed by atoms with Crippen molar-refractivity contribution in [2.75, 3.05) is 7.05 Å². The van der Waals surface area contributed by atoms with Crippen LogP contribution in [-0.2, 0) is 6.42 Å². The molecule has 2 atom stereocenters. The highest BCUT2D eigenvalue weighted by atomic mass is 14.9. The SMILES string of the molecule is CN[C@H](C)C(C)Cc1cccnc1. The van der Waals surface area contributed by atoms with Gasteiger partial charge < -0.3 is 5.32 Å². The van der Waals surface area contributed by atoms with Gasteiger partial charge in [-0.15, -0.1) is 0 Å². The fourth-order valence-corrected chi connectivity index (χ4v) is 1.35. The van der Waals surface area contributed by atoms with Crippen molar-refractivity contribution < 1.29 is 0 Å². The lowest BCUT2D eigenvalue weighted by atomic mass is 9.96. The third-order valence-electron chi connectivity index (χ3n) is 2.59. The fourth-order valence-electron chi connectivity index (χ4n) is 1.35. The van der Waals surface area contributed by atoms with Crippen LogP contribution in [-0.4, -0.2) is 18.1 Å². The zero-order valence-electron chi connectivity index (χ0n) is 8.62. The summed E-state index contributed by atoms with van der Waals surface area (Å²) in [7, 11) is 2.00. The third kappa shape index (κ3) is 3.15. The molecule has 0 aliphatic rings. The van der Waals surface area contributed by atoms with Gasteiger partial charge in [0.2, 0.25) is 0 Å². The lowest BCUT2D eigenvalue weighted by Crippen LogP contribution is -2.29. The van der Waals surface area contributed by atoms with Crippen LogP contribution < -0.4 is 5.32 Å². The molecule has 72 valence electrons. The minimum atomic E-state index is 0.556. The minimum Gasteiger partial charge on any atom is -0.317 e. The van der Waals surface area contributed by atoms with Crippen molar-refractivity contribution >= 4 is 0 Å². The second-order valence-electron chi connectivity index (χ2n) is 3.62. The van der Waals surface area contributed by atoms with Crippen LogP contribution in [0.5, 0.6) is 0 Å². The molecule has 0 saturated carbocycles. The van der Waals surface area contributed by atoms with Gasteiger partial charge in [-0.3, -0.25) is 4.98 Å². The van der Waals surface area contributed by atoms with Gasteiger partial charge in [0.25, 0.3) is 0 Å². The van der Waals surface area contributed by atoms with E-state index < -0.39 is 0 Å². The summed E-state index contributed by atoms with van der Waals surface area (Å²) in [6.45, 7) is 4.47. The van der Waals surface area contributed by atoms with E-state index in [9.17, 15) is 0 Å². The van der Waals surface area contributed by atoms with Crippen LogP contribution in [0.15, 0.2) is 24.5 Å². The zero-order chi connectivity index (χ0) is 9.68. The standard InChI is InChI=1S/C11H18N2/c1-9(10(2)12-3)7-11-5-4-6-13-8-11/h4-6,8-10,12H,7H2,1-3H3/t9?,10-/m1/s1. The van der Waals surface area contributed by atoms with Gasteiger partial charge in [-0.2, -0.15) is 0 Å². The highest BCUT2D eigenvalue weighted by molar-refractivity contribution is 5.09. The number of aromatic nitrogens is 1. The second kappa shape index (κ2) is 4.97. The van der Waals surface area contributed by atoms with E-state index in [2.05, 4.69) is 30.2 Å². The highest BCUT2D eigenvalue weighted by Gasteiger charge is 2.09. The predicted octanol–water partition coefficient (Wildman–Crippen LogP) is 1.87. The van der Waals surface area contributed by atoms with Crippen LogP contribution in [0.2, 0.25) is 0 Å². The zero-order valence-corrected chi connectivity index (χ0v) is 8.62. The van der Waals surface area contributed by atoms with Gasteiger partial charge in [0, 0.05) is 18.4 Å². The van der Waals surface area contributed by atoms with E-state index in [0.717, 1.165) is 6.42 Å². The fraction of sp³-hybridized carbons (Fsp3) is 0.545. The molecule has 1 heterocycles. The van der Waals surface area contributed by atoms with E-state index in [1.54, 1.807) is 0 Å². The van der Waals surface area contributed by atoms with E-state index >= 15 is 0 Å². The van der Waals surface area contributed by atoms with Gasteiger partial charge in [-0.05, 0) is 37.9 Å².